The molecule has 0 radical (unpaired) electrons. The Balaban J connectivity index is 2.35. The zero-order valence-corrected chi connectivity index (χ0v) is 14.5. The topological polar surface area (TPSA) is 70.0 Å². The number of hydrogen-bond donors (Lipinski definition) is 1. The van der Waals surface area contributed by atoms with Gasteiger partial charge in [-0.1, -0.05) is 34.8 Å². The number of nitrogens with one attached hydrogen (secondary N) is 1. The molecule has 2 aromatic carbocycles. The molecule has 0 saturated carbocycles. The summed E-state index contributed by atoms with van der Waals surface area (Å²) in [5.74, 6) is 0. The highest BCUT2D eigenvalue weighted by Gasteiger charge is 2.20. The van der Waals surface area contributed by atoms with Crippen LogP contribution in [0.2, 0.25) is 15.1 Å². The fraction of sp³-hybridized carbons (Fsp3) is 0. The van der Waals surface area contributed by atoms with Crippen molar-refractivity contribution in [3.05, 3.63) is 68.6 Å². The van der Waals surface area contributed by atoms with E-state index in [4.69, 9.17) is 40.1 Å². The molecule has 0 unspecified atom stereocenters. The summed E-state index contributed by atoms with van der Waals surface area (Å²) in [6.07, 6.45) is 1.08. The van der Waals surface area contributed by atoms with Crippen molar-refractivity contribution in [1.82, 2.24) is 0 Å². The fourth-order valence-corrected chi connectivity index (χ4v) is 3.33. The Morgan fingerprint density at radius 1 is 1.04 bits per heavy atom. The van der Waals surface area contributed by atoms with Gasteiger partial charge in [0.15, 0.2) is 4.91 Å². The quantitative estimate of drug-likeness (QED) is 0.758. The number of hydrogen-bond acceptors (Lipinski definition) is 4. The van der Waals surface area contributed by atoms with Crippen LogP contribution in [0.5, 0.6) is 0 Å². The molecule has 0 bridgehead atoms. The molecule has 4 nitrogen and oxygen atoms in total. The minimum absolute atomic E-state index is 0.0290. The van der Waals surface area contributed by atoms with E-state index in [1.54, 1.807) is 18.2 Å². The molecule has 0 aliphatic rings. The molecule has 0 fully saturated rings. The minimum Gasteiger partial charge on any atom is -0.359 e. The van der Waals surface area contributed by atoms with Crippen molar-refractivity contribution in [2.45, 2.75) is 4.90 Å². The van der Waals surface area contributed by atoms with Gasteiger partial charge in [0.05, 0.1) is 15.6 Å². The second-order valence-electron chi connectivity index (χ2n) is 4.35. The lowest BCUT2D eigenvalue weighted by Gasteiger charge is -2.06. The zero-order valence-electron chi connectivity index (χ0n) is 11.4. The molecule has 0 aliphatic carbocycles. The number of halogens is 3. The maximum absolute atomic E-state index is 12.4. The van der Waals surface area contributed by atoms with Crippen LogP contribution < -0.4 is 5.32 Å². The van der Waals surface area contributed by atoms with Crippen molar-refractivity contribution < 1.29 is 8.42 Å². The van der Waals surface area contributed by atoms with Crippen molar-refractivity contribution in [2.75, 3.05) is 5.32 Å². The largest absolute Gasteiger partial charge is 0.359 e. The van der Waals surface area contributed by atoms with Crippen molar-refractivity contribution >= 4 is 50.3 Å². The monoisotopic (exact) mass is 386 g/mol. The van der Waals surface area contributed by atoms with Crippen molar-refractivity contribution in [1.29, 1.82) is 5.26 Å². The average molecular weight is 388 g/mol. The van der Waals surface area contributed by atoms with Gasteiger partial charge in [0.1, 0.15) is 6.07 Å². The Kier molecular flexibility index (Phi) is 5.55. The van der Waals surface area contributed by atoms with Gasteiger partial charge in [-0.25, -0.2) is 8.42 Å². The number of rotatable bonds is 4. The Bertz CT molecular complexity index is 901. The van der Waals surface area contributed by atoms with E-state index in [1.165, 1.54) is 30.3 Å². The highest BCUT2D eigenvalue weighted by Crippen LogP contribution is 2.26. The smallest absolute Gasteiger partial charge is 0.218 e. The third-order valence-electron chi connectivity index (χ3n) is 2.81. The second-order valence-corrected chi connectivity index (χ2v) is 7.54. The van der Waals surface area contributed by atoms with E-state index in [9.17, 15) is 8.42 Å². The van der Waals surface area contributed by atoms with E-state index in [2.05, 4.69) is 5.32 Å². The lowest BCUT2D eigenvalue weighted by Crippen LogP contribution is -2.05. The maximum Gasteiger partial charge on any atom is 0.218 e. The highest BCUT2D eigenvalue weighted by atomic mass is 35.5. The lowest BCUT2D eigenvalue weighted by molar-refractivity contribution is 0.603. The predicted octanol–water partition coefficient (Wildman–Crippen LogP) is 4.90. The van der Waals surface area contributed by atoms with Gasteiger partial charge in [0.2, 0.25) is 9.84 Å². The van der Waals surface area contributed by atoms with Crippen LogP contribution in [0.3, 0.4) is 0 Å². The van der Waals surface area contributed by atoms with E-state index in [1.807, 2.05) is 0 Å². The third-order valence-corrected chi connectivity index (χ3v) is 5.29. The van der Waals surface area contributed by atoms with Gasteiger partial charge < -0.3 is 5.32 Å². The van der Waals surface area contributed by atoms with Crippen LogP contribution in [-0.4, -0.2) is 8.42 Å². The van der Waals surface area contributed by atoms with Crippen LogP contribution >= 0.6 is 34.8 Å². The van der Waals surface area contributed by atoms with Gasteiger partial charge in [-0.2, -0.15) is 5.26 Å². The number of sulfone groups is 1. The molecule has 23 heavy (non-hydrogen) atoms. The molecular formula is C15H9Cl3N2O2S. The summed E-state index contributed by atoms with van der Waals surface area (Å²) in [5.41, 5.74) is 0.426. The van der Waals surface area contributed by atoms with E-state index >= 15 is 0 Å². The highest BCUT2D eigenvalue weighted by molar-refractivity contribution is 7.95. The normalized spacial score (nSPS) is 11.8. The van der Waals surface area contributed by atoms with Crippen molar-refractivity contribution in [3.63, 3.8) is 0 Å². The first-order valence-electron chi connectivity index (χ1n) is 6.17. The van der Waals surface area contributed by atoms with Crippen molar-refractivity contribution in [2.24, 2.45) is 0 Å². The second kappa shape index (κ2) is 7.24. The molecule has 0 atom stereocenters. The van der Waals surface area contributed by atoms with E-state index < -0.39 is 14.7 Å². The van der Waals surface area contributed by atoms with Crippen LogP contribution in [0.25, 0.3) is 0 Å². The molecule has 8 heteroatoms. The van der Waals surface area contributed by atoms with Crippen LogP contribution in [0.1, 0.15) is 0 Å². The number of nitriles is 1. The average Bonchev–Trinajstić information content (AvgIpc) is 2.50. The summed E-state index contributed by atoms with van der Waals surface area (Å²) in [4.78, 5) is -0.482. The molecular weight excluding hydrogens is 379 g/mol. The molecule has 2 rings (SSSR count). The number of benzene rings is 2. The molecule has 0 amide bonds. The summed E-state index contributed by atoms with van der Waals surface area (Å²) < 4.78 is 24.8. The number of anilines is 1. The molecule has 1 N–H and O–H groups in total. The first kappa shape index (κ1) is 17.6. The Morgan fingerprint density at radius 2 is 1.65 bits per heavy atom. The molecule has 0 aliphatic heterocycles. The number of nitrogens with zero attached hydrogens (tertiary/aromatic N) is 1. The maximum atomic E-state index is 12.4. The zero-order chi connectivity index (χ0) is 17.0. The minimum atomic E-state index is -3.95. The van der Waals surface area contributed by atoms with Gasteiger partial charge in [0, 0.05) is 16.2 Å². The Morgan fingerprint density at radius 3 is 2.22 bits per heavy atom. The van der Waals surface area contributed by atoms with Gasteiger partial charge in [-0.15, -0.1) is 0 Å². The Hall–Kier alpha value is -1.71. The summed E-state index contributed by atoms with van der Waals surface area (Å²) in [5, 5.41) is 13.0. The lowest BCUT2D eigenvalue weighted by atomic mass is 10.3. The number of allylic oxidation sites excluding steroid dienone is 1. The van der Waals surface area contributed by atoms with Crippen molar-refractivity contribution in [3.8, 4) is 6.07 Å². The predicted molar refractivity (Wildman–Crippen MR) is 92.4 cm³/mol. The van der Waals surface area contributed by atoms with E-state index in [0.29, 0.717) is 20.8 Å². The summed E-state index contributed by atoms with van der Waals surface area (Å²) in [6.45, 7) is 0. The van der Waals surface area contributed by atoms with Gasteiger partial charge in [-0.05, 0) is 42.5 Å². The van der Waals surface area contributed by atoms with Crippen LogP contribution in [0.4, 0.5) is 5.69 Å². The molecule has 118 valence electrons. The standard InChI is InChI=1S/C15H9Cl3N2O2S/c16-10-1-4-12(5-2-10)23(21,22)13(8-19)9-20-15-6-3-11(17)7-14(15)18/h1-7,9,20H/b13-9+. The van der Waals surface area contributed by atoms with E-state index in [-0.39, 0.29) is 4.90 Å². The summed E-state index contributed by atoms with van der Waals surface area (Å²) >= 11 is 17.5. The molecule has 0 spiro atoms. The van der Waals surface area contributed by atoms with Gasteiger partial charge in [-0.3, -0.25) is 0 Å². The SMILES string of the molecule is N#C/C(=C\Nc1ccc(Cl)cc1Cl)S(=O)(=O)c1ccc(Cl)cc1. The van der Waals surface area contributed by atoms with E-state index in [0.717, 1.165) is 6.20 Å². The van der Waals surface area contributed by atoms with Crippen LogP contribution in [0, 0.1) is 11.3 Å². The first-order chi connectivity index (χ1) is 10.8. The van der Waals surface area contributed by atoms with Gasteiger partial charge >= 0.3 is 0 Å². The van der Waals surface area contributed by atoms with Gasteiger partial charge in [0.25, 0.3) is 0 Å². The van der Waals surface area contributed by atoms with Crippen LogP contribution in [0.15, 0.2) is 58.5 Å². The molecule has 0 aromatic heterocycles. The Labute approximate surface area is 148 Å². The summed E-state index contributed by atoms with van der Waals surface area (Å²) in [6, 6.07) is 11.9. The molecule has 0 heterocycles. The first-order valence-corrected chi connectivity index (χ1v) is 8.79. The summed E-state index contributed by atoms with van der Waals surface area (Å²) in [7, 11) is -3.95. The molecule has 2 aromatic rings. The molecule has 0 saturated heterocycles. The third kappa shape index (κ3) is 4.18. The fourth-order valence-electron chi connectivity index (χ4n) is 1.66. The van der Waals surface area contributed by atoms with Crippen LogP contribution in [-0.2, 0) is 9.84 Å².